The molecule has 0 aliphatic rings. The molecule has 0 saturated heterocycles. The highest BCUT2D eigenvalue weighted by Gasteiger charge is 2.21. The first-order chi connectivity index (χ1) is 14.5. The van der Waals surface area contributed by atoms with Crippen LogP contribution in [-0.2, 0) is 4.79 Å². The van der Waals surface area contributed by atoms with Gasteiger partial charge in [0, 0.05) is 11.1 Å². The Balaban J connectivity index is 2.13. The fraction of sp³-hybridized carbons (Fsp3) is 0.238. The van der Waals surface area contributed by atoms with Gasteiger partial charge in [-0.3, -0.25) is 4.79 Å². The van der Waals surface area contributed by atoms with Gasteiger partial charge in [-0.1, -0.05) is 11.8 Å². The van der Waals surface area contributed by atoms with Crippen LogP contribution in [0.5, 0.6) is 23.0 Å². The van der Waals surface area contributed by atoms with Gasteiger partial charge in [-0.25, -0.2) is 4.98 Å². The van der Waals surface area contributed by atoms with Crippen LogP contribution in [0.15, 0.2) is 46.0 Å². The quantitative estimate of drug-likeness (QED) is 0.499. The van der Waals surface area contributed by atoms with Crippen LogP contribution in [0.2, 0.25) is 0 Å². The molecule has 2 aromatic carbocycles. The number of oxazole rings is 1. The summed E-state index contributed by atoms with van der Waals surface area (Å²) >= 11 is 0.999. The normalized spacial score (nSPS) is 10.5. The second kappa shape index (κ2) is 9.45. The van der Waals surface area contributed by atoms with Crippen molar-refractivity contribution in [3.8, 4) is 45.6 Å². The number of thioether (sulfide) groups is 1. The van der Waals surface area contributed by atoms with Crippen molar-refractivity contribution in [3.63, 3.8) is 0 Å². The van der Waals surface area contributed by atoms with Gasteiger partial charge in [-0.2, -0.15) is 0 Å². The maximum Gasteiger partial charge on any atom is 0.314 e. The largest absolute Gasteiger partial charge is 0.493 e. The number of carbonyl (C=O) groups is 1. The Bertz CT molecular complexity index is 975. The standard InChI is InChI=1S/C21H21NO7S/c1-25-14-7-5-12(9-16(14)27-3)19-20(29-21(22-19)30-11-18(23)24)13-6-8-15(26-2)17(10-13)28-4/h5-10H,11H2,1-4H3,(H,23,24). The lowest BCUT2D eigenvalue weighted by Crippen LogP contribution is -1.97. The van der Waals surface area contributed by atoms with Crippen molar-refractivity contribution >= 4 is 17.7 Å². The van der Waals surface area contributed by atoms with Crippen LogP contribution in [-0.4, -0.2) is 50.3 Å². The first-order valence-corrected chi connectivity index (χ1v) is 9.79. The Morgan fingerprint density at radius 2 is 1.43 bits per heavy atom. The van der Waals surface area contributed by atoms with Crippen LogP contribution in [0.25, 0.3) is 22.6 Å². The molecule has 1 heterocycles. The zero-order valence-corrected chi connectivity index (χ0v) is 17.7. The van der Waals surface area contributed by atoms with Crippen LogP contribution in [0.4, 0.5) is 0 Å². The monoisotopic (exact) mass is 431 g/mol. The number of ether oxygens (including phenoxy) is 4. The summed E-state index contributed by atoms with van der Waals surface area (Å²) in [7, 11) is 6.21. The molecule has 0 spiro atoms. The number of aliphatic carboxylic acids is 1. The fourth-order valence-electron chi connectivity index (χ4n) is 2.84. The van der Waals surface area contributed by atoms with E-state index in [2.05, 4.69) is 4.98 Å². The van der Waals surface area contributed by atoms with Gasteiger partial charge >= 0.3 is 5.97 Å². The van der Waals surface area contributed by atoms with Crippen molar-refractivity contribution in [2.24, 2.45) is 0 Å². The third-order valence-corrected chi connectivity index (χ3v) is 5.04. The lowest BCUT2D eigenvalue weighted by atomic mass is 10.0. The van der Waals surface area contributed by atoms with E-state index in [0.717, 1.165) is 17.3 Å². The third-order valence-electron chi connectivity index (χ3n) is 4.23. The number of benzene rings is 2. The van der Waals surface area contributed by atoms with Gasteiger partial charge in [-0.05, 0) is 36.4 Å². The van der Waals surface area contributed by atoms with Crippen LogP contribution >= 0.6 is 11.8 Å². The van der Waals surface area contributed by atoms with E-state index in [0.29, 0.717) is 40.0 Å². The maximum atomic E-state index is 11.0. The second-order valence-electron chi connectivity index (χ2n) is 5.98. The minimum absolute atomic E-state index is 0.169. The van der Waals surface area contributed by atoms with Gasteiger partial charge in [0.15, 0.2) is 28.8 Å². The van der Waals surface area contributed by atoms with E-state index < -0.39 is 5.97 Å². The first kappa shape index (κ1) is 21.4. The minimum Gasteiger partial charge on any atom is -0.493 e. The van der Waals surface area contributed by atoms with Crippen molar-refractivity contribution in [2.75, 3.05) is 34.2 Å². The van der Waals surface area contributed by atoms with Crippen molar-refractivity contribution < 1.29 is 33.3 Å². The number of methoxy groups -OCH3 is 4. The Labute approximate surface area is 177 Å². The highest BCUT2D eigenvalue weighted by atomic mass is 32.2. The molecule has 0 bridgehead atoms. The molecule has 0 unspecified atom stereocenters. The molecule has 0 saturated carbocycles. The van der Waals surface area contributed by atoms with Gasteiger partial charge in [0.25, 0.3) is 5.22 Å². The first-order valence-electron chi connectivity index (χ1n) is 8.81. The molecule has 1 aromatic heterocycles. The molecule has 158 valence electrons. The summed E-state index contributed by atoms with van der Waals surface area (Å²) in [5.41, 5.74) is 1.96. The molecule has 0 atom stereocenters. The lowest BCUT2D eigenvalue weighted by molar-refractivity contribution is -0.133. The molecule has 0 fully saturated rings. The Kier molecular flexibility index (Phi) is 6.73. The summed E-state index contributed by atoms with van der Waals surface area (Å²) in [6, 6.07) is 10.7. The molecular formula is C21H21NO7S. The Morgan fingerprint density at radius 3 is 1.97 bits per heavy atom. The van der Waals surface area contributed by atoms with Crippen molar-refractivity contribution in [3.05, 3.63) is 36.4 Å². The maximum absolute atomic E-state index is 11.0. The van der Waals surface area contributed by atoms with Gasteiger partial charge in [0.2, 0.25) is 0 Å². The van der Waals surface area contributed by atoms with Crippen LogP contribution in [0.3, 0.4) is 0 Å². The molecule has 0 aliphatic heterocycles. The van der Waals surface area contributed by atoms with E-state index in [9.17, 15) is 4.79 Å². The molecule has 3 aromatic rings. The number of hydrogen-bond acceptors (Lipinski definition) is 8. The molecule has 0 amide bonds. The highest BCUT2D eigenvalue weighted by molar-refractivity contribution is 7.99. The summed E-state index contributed by atoms with van der Waals surface area (Å²) in [5.74, 6) is 1.57. The summed E-state index contributed by atoms with van der Waals surface area (Å²) in [6.07, 6.45) is 0. The molecule has 1 N–H and O–H groups in total. The highest BCUT2D eigenvalue weighted by Crippen LogP contribution is 2.41. The van der Waals surface area contributed by atoms with Crippen molar-refractivity contribution in [1.29, 1.82) is 0 Å². The summed E-state index contributed by atoms with van der Waals surface area (Å²) < 4.78 is 27.3. The number of aromatic nitrogens is 1. The molecular weight excluding hydrogens is 410 g/mol. The number of carboxylic acid groups (broad SMARTS) is 1. The van der Waals surface area contributed by atoms with Crippen LogP contribution in [0.1, 0.15) is 0 Å². The molecule has 8 nitrogen and oxygen atoms in total. The summed E-state index contributed by atoms with van der Waals surface area (Å²) in [4.78, 5) is 15.5. The van der Waals surface area contributed by atoms with E-state index in [1.807, 2.05) is 12.1 Å². The predicted octanol–water partition coefficient (Wildman–Crippen LogP) is 4.22. The van der Waals surface area contributed by atoms with Gasteiger partial charge in [0.1, 0.15) is 11.4 Å². The molecule has 3 rings (SSSR count). The number of carboxylic acids is 1. The van der Waals surface area contributed by atoms with Crippen LogP contribution in [0, 0.1) is 0 Å². The molecule has 30 heavy (non-hydrogen) atoms. The summed E-state index contributed by atoms with van der Waals surface area (Å²) in [6.45, 7) is 0. The third kappa shape index (κ3) is 4.46. The van der Waals surface area contributed by atoms with Crippen LogP contribution < -0.4 is 18.9 Å². The number of rotatable bonds is 9. The van der Waals surface area contributed by atoms with E-state index in [1.54, 1.807) is 52.7 Å². The van der Waals surface area contributed by atoms with E-state index >= 15 is 0 Å². The second-order valence-corrected chi connectivity index (χ2v) is 6.91. The molecule has 0 radical (unpaired) electrons. The molecule has 9 heteroatoms. The van der Waals surface area contributed by atoms with E-state index in [4.69, 9.17) is 28.5 Å². The zero-order valence-electron chi connectivity index (χ0n) is 16.9. The lowest BCUT2D eigenvalue weighted by Gasteiger charge is -2.10. The predicted molar refractivity (Wildman–Crippen MR) is 112 cm³/mol. The Hall–Kier alpha value is -3.33. The number of hydrogen-bond donors (Lipinski definition) is 1. The van der Waals surface area contributed by atoms with E-state index in [1.165, 1.54) is 0 Å². The van der Waals surface area contributed by atoms with Crippen molar-refractivity contribution in [1.82, 2.24) is 4.98 Å². The average molecular weight is 431 g/mol. The summed E-state index contributed by atoms with van der Waals surface area (Å²) in [5, 5.41) is 9.23. The smallest absolute Gasteiger partial charge is 0.314 e. The van der Waals surface area contributed by atoms with Crippen molar-refractivity contribution in [2.45, 2.75) is 5.22 Å². The SMILES string of the molecule is COc1ccc(-c2nc(SCC(=O)O)oc2-c2ccc(OC)c(OC)c2)cc1OC. The number of nitrogens with zero attached hydrogens (tertiary/aromatic N) is 1. The Morgan fingerprint density at radius 1 is 0.900 bits per heavy atom. The topological polar surface area (TPSA) is 100 Å². The van der Waals surface area contributed by atoms with Gasteiger partial charge < -0.3 is 28.5 Å². The average Bonchev–Trinajstić information content (AvgIpc) is 3.21. The van der Waals surface area contributed by atoms with Gasteiger partial charge in [0.05, 0.1) is 28.4 Å². The van der Waals surface area contributed by atoms with E-state index in [-0.39, 0.29) is 11.0 Å². The molecule has 0 aliphatic carbocycles. The van der Waals surface area contributed by atoms with Gasteiger partial charge in [-0.15, -0.1) is 0 Å². The zero-order chi connectivity index (χ0) is 21.7. The minimum atomic E-state index is -0.960. The fourth-order valence-corrected chi connectivity index (χ4v) is 3.38.